The van der Waals surface area contributed by atoms with Gasteiger partial charge in [0.05, 0.1) is 0 Å². The number of benzene rings is 3. The molecule has 0 saturated carbocycles. The number of hydrogen-bond donors (Lipinski definition) is 3. The zero-order valence-electron chi connectivity index (χ0n) is 16.2. The summed E-state index contributed by atoms with van der Waals surface area (Å²) >= 11 is 0. The maximum atomic E-state index is 12.2. The second-order valence-corrected chi connectivity index (χ2v) is 6.62. The van der Waals surface area contributed by atoms with Crippen LogP contribution in [0.4, 0.5) is 10.5 Å². The number of urea groups is 1. The lowest BCUT2D eigenvalue weighted by Crippen LogP contribution is -2.37. The second kappa shape index (κ2) is 8.62. The van der Waals surface area contributed by atoms with Crippen molar-refractivity contribution in [2.45, 2.75) is 0 Å². The molecule has 0 fully saturated rings. The summed E-state index contributed by atoms with van der Waals surface area (Å²) in [5.41, 5.74) is 0.319. The molecule has 9 nitrogen and oxygen atoms in total. The first-order chi connectivity index (χ1) is 15.0. The molecule has 0 saturated heterocycles. The van der Waals surface area contributed by atoms with Crippen LogP contribution in [-0.4, -0.2) is 42.8 Å². The van der Waals surface area contributed by atoms with Crippen LogP contribution in [0.1, 0.15) is 10.4 Å². The smallest absolute Gasteiger partial charge is 0.342 e. The van der Waals surface area contributed by atoms with Crippen LogP contribution in [0, 0.1) is 0 Å². The highest BCUT2D eigenvalue weighted by Crippen LogP contribution is 2.32. The van der Waals surface area contributed by atoms with Crippen LogP contribution in [0.3, 0.4) is 0 Å². The molecule has 3 aromatic carbocycles. The van der Waals surface area contributed by atoms with Crippen molar-refractivity contribution < 1.29 is 33.7 Å². The number of fused-ring (bicyclic) bond motifs is 2. The SMILES string of the molecule is O=C(COC(=O)c1ccc2ccccc2c1O)NC(=O)Nc1ccc2c(c1)OCCO2. The summed E-state index contributed by atoms with van der Waals surface area (Å²) in [4.78, 5) is 36.2. The van der Waals surface area contributed by atoms with Crippen LogP contribution in [0.2, 0.25) is 0 Å². The minimum atomic E-state index is -0.884. The molecule has 0 spiro atoms. The van der Waals surface area contributed by atoms with Gasteiger partial charge in [0, 0.05) is 17.1 Å². The van der Waals surface area contributed by atoms with E-state index in [1.165, 1.54) is 6.07 Å². The summed E-state index contributed by atoms with van der Waals surface area (Å²) in [5.74, 6) is -0.897. The monoisotopic (exact) mass is 422 g/mol. The number of anilines is 1. The second-order valence-electron chi connectivity index (χ2n) is 6.62. The summed E-state index contributed by atoms with van der Waals surface area (Å²) in [6.07, 6.45) is 0. The van der Waals surface area contributed by atoms with Crippen molar-refractivity contribution >= 4 is 34.4 Å². The van der Waals surface area contributed by atoms with Gasteiger partial charge in [-0.05, 0) is 23.6 Å². The maximum absolute atomic E-state index is 12.2. The number of nitrogens with one attached hydrogen (secondary N) is 2. The molecule has 0 bridgehead atoms. The first-order valence-corrected chi connectivity index (χ1v) is 9.39. The first-order valence-electron chi connectivity index (χ1n) is 9.39. The largest absolute Gasteiger partial charge is 0.506 e. The topological polar surface area (TPSA) is 123 Å². The Kier molecular flexibility index (Phi) is 5.57. The van der Waals surface area contributed by atoms with Crippen molar-refractivity contribution in [3.63, 3.8) is 0 Å². The number of ether oxygens (including phenoxy) is 3. The van der Waals surface area contributed by atoms with Crippen molar-refractivity contribution in [3.05, 3.63) is 60.2 Å². The van der Waals surface area contributed by atoms with E-state index in [1.54, 1.807) is 48.5 Å². The highest BCUT2D eigenvalue weighted by molar-refractivity contribution is 6.04. The van der Waals surface area contributed by atoms with E-state index in [0.29, 0.717) is 35.8 Å². The van der Waals surface area contributed by atoms with Crippen molar-refractivity contribution in [2.24, 2.45) is 0 Å². The van der Waals surface area contributed by atoms with Crippen molar-refractivity contribution in [1.82, 2.24) is 5.32 Å². The number of carbonyl (C=O) groups excluding carboxylic acids is 3. The van der Waals surface area contributed by atoms with Gasteiger partial charge in [0.1, 0.15) is 24.5 Å². The molecule has 1 aliphatic heterocycles. The molecule has 0 radical (unpaired) electrons. The third kappa shape index (κ3) is 4.50. The molecule has 1 heterocycles. The van der Waals surface area contributed by atoms with Gasteiger partial charge in [0.2, 0.25) is 0 Å². The van der Waals surface area contributed by atoms with E-state index < -0.39 is 24.5 Å². The Labute approximate surface area is 176 Å². The summed E-state index contributed by atoms with van der Waals surface area (Å²) in [6.45, 7) is 0.156. The molecule has 9 heteroatoms. The van der Waals surface area contributed by atoms with E-state index in [-0.39, 0.29) is 11.3 Å². The predicted molar refractivity (Wildman–Crippen MR) is 110 cm³/mol. The van der Waals surface area contributed by atoms with Crippen molar-refractivity contribution in [2.75, 3.05) is 25.1 Å². The molecule has 158 valence electrons. The number of hydrogen-bond acceptors (Lipinski definition) is 7. The van der Waals surface area contributed by atoms with Gasteiger partial charge in [-0.25, -0.2) is 9.59 Å². The Morgan fingerprint density at radius 1 is 0.968 bits per heavy atom. The molecule has 0 aliphatic carbocycles. The lowest BCUT2D eigenvalue weighted by molar-refractivity contribution is -0.123. The number of rotatable bonds is 4. The minimum absolute atomic E-state index is 0.0766. The molecule has 0 atom stereocenters. The number of aromatic hydroxyl groups is 1. The van der Waals surface area contributed by atoms with Gasteiger partial charge in [-0.15, -0.1) is 0 Å². The maximum Gasteiger partial charge on any atom is 0.342 e. The van der Waals surface area contributed by atoms with Gasteiger partial charge >= 0.3 is 12.0 Å². The Hall–Kier alpha value is -4.27. The van der Waals surface area contributed by atoms with Crippen LogP contribution in [0.15, 0.2) is 54.6 Å². The molecule has 31 heavy (non-hydrogen) atoms. The molecule has 3 amide bonds. The molecule has 0 aromatic heterocycles. The Balaban J connectivity index is 1.31. The molecule has 3 aromatic rings. The van der Waals surface area contributed by atoms with Crippen LogP contribution < -0.4 is 20.1 Å². The number of phenolic OH excluding ortho intramolecular Hbond substituents is 1. The van der Waals surface area contributed by atoms with E-state index in [2.05, 4.69) is 10.6 Å². The van der Waals surface area contributed by atoms with Crippen LogP contribution >= 0.6 is 0 Å². The number of imide groups is 1. The van der Waals surface area contributed by atoms with Gasteiger partial charge in [-0.1, -0.05) is 30.3 Å². The lowest BCUT2D eigenvalue weighted by atomic mass is 10.1. The fraction of sp³-hybridized carbons (Fsp3) is 0.136. The van der Waals surface area contributed by atoms with E-state index in [0.717, 1.165) is 5.39 Å². The molecular formula is C22H18N2O7. The Morgan fingerprint density at radius 2 is 1.74 bits per heavy atom. The number of amides is 3. The molecule has 0 unspecified atom stereocenters. The average Bonchev–Trinajstić information content (AvgIpc) is 2.78. The van der Waals surface area contributed by atoms with Gasteiger partial charge in [0.15, 0.2) is 18.1 Å². The van der Waals surface area contributed by atoms with Crippen molar-refractivity contribution in [3.8, 4) is 17.2 Å². The lowest BCUT2D eigenvalue weighted by Gasteiger charge is -2.19. The van der Waals surface area contributed by atoms with E-state index in [4.69, 9.17) is 14.2 Å². The molecule has 4 rings (SSSR count). The van der Waals surface area contributed by atoms with Gasteiger partial charge in [-0.2, -0.15) is 0 Å². The van der Waals surface area contributed by atoms with E-state index in [1.807, 2.05) is 0 Å². The minimum Gasteiger partial charge on any atom is -0.506 e. The summed E-state index contributed by atoms with van der Waals surface area (Å²) in [7, 11) is 0. The normalized spacial score (nSPS) is 12.1. The highest BCUT2D eigenvalue weighted by atomic mass is 16.6. The molecular weight excluding hydrogens is 404 g/mol. The van der Waals surface area contributed by atoms with Crippen LogP contribution in [0.25, 0.3) is 10.8 Å². The number of carbonyl (C=O) groups is 3. The van der Waals surface area contributed by atoms with Crippen LogP contribution in [-0.2, 0) is 9.53 Å². The highest BCUT2D eigenvalue weighted by Gasteiger charge is 2.18. The van der Waals surface area contributed by atoms with E-state index in [9.17, 15) is 19.5 Å². The third-order valence-electron chi connectivity index (χ3n) is 4.51. The zero-order chi connectivity index (χ0) is 21.8. The fourth-order valence-corrected chi connectivity index (χ4v) is 3.07. The van der Waals surface area contributed by atoms with E-state index >= 15 is 0 Å². The Bertz CT molecular complexity index is 1180. The fourth-order valence-electron chi connectivity index (χ4n) is 3.07. The zero-order valence-corrected chi connectivity index (χ0v) is 16.2. The first kappa shape index (κ1) is 20.0. The van der Waals surface area contributed by atoms with Crippen molar-refractivity contribution in [1.29, 1.82) is 0 Å². The molecule has 3 N–H and O–H groups in total. The van der Waals surface area contributed by atoms with Gasteiger partial charge in [0.25, 0.3) is 5.91 Å². The van der Waals surface area contributed by atoms with Gasteiger partial charge < -0.3 is 24.6 Å². The summed E-state index contributed by atoms with van der Waals surface area (Å²) in [6, 6.07) is 14.1. The quantitative estimate of drug-likeness (QED) is 0.553. The summed E-state index contributed by atoms with van der Waals surface area (Å²) < 4.78 is 15.7. The van der Waals surface area contributed by atoms with Gasteiger partial charge in [-0.3, -0.25) is 10.1 Å². The average molecular weight is 422 g/mol. The number of phenols is 1. The summed E-state index contributed by atoms with van der Waals surface area (Å²) in [5, 5.41) is 16.1. The third-order valence-corrected chi connectivity index (χ3v) is 4.51. The number of esters is 1. The van der Waals surface area contributed by atoms with Crippen LogP contribution in [0.5, 0.6) is 17.2 Å². The standard InChI is InChI=1S/C22H18N2O7/c25-19(24-22(28)23-14-6-8-17-18(11-14)30-10-9-29-17)12-31-21(27)16-7-5-13-3-1-2-4-15(13)20(16)26/h1-8,11,26H,9-10,12H2,(H2,23,24,25,28). The Morgan fingerprint density at radius 3 is 2.58 bits per heavy atom. The molecule has 1 aliphatic rings. The predicted octanol–water partition coefficient (Wildman–Crippen LogP) is 2.82.